The van der Waals surface area contributed by atoms with Gasteiger partial charge in [0.1, 0.15) is 0 Å². The maximum atomic E-state index is 11.8. The van der Waals surface area contributed by atoms with Gasteiger partial charge in [-0.2, -0.15) is 0 Å². The number of aromatic nitrogens is 2. The van der Waals surface area contributed by atoms with Crippen molar-refractivity contribution < 1.29 is 19.1 Å². The van der Waals surface area contributed by atoms with Gasteiger partial charge in [0.2, 0.25) is 6.79 Å². The SMILES string of the molecule is CC(C)C(CN)C(=O)OCOC(=O)/C=C/c1ccc(Cn2ccnc2)cc1. The Labute approximate surface area is 158 Å². The Balaban J connectivity index is 1.76. The summed E-state index contributed by atoms with van der Waals surface area (Å²) in [6.07, 6.45) is 8.32. The van der Waals surface area contributed by atoms with Crippen molar-refractivity contribution in [2.24, 2.45) is 17.6 Å². The average Bonchev–Trinajstić information content (AvgIpc) is 3.14. The summed E-state index contributed by atoms with van der Waals surface area (Å²) in [5.74, 6) is -1.38. The van der Waals surface area contributed by atoms with Crippen LogP contribution in [-0.2, 0) is 25.6 Å². The van der Waals surface area contributed by atoms with Crippen LogP contribution >= 0.6 is 0 Å². The van der Waals surface area contributed by atoms with E-state index >= 15 is 0 Å². The molecule has 144 valence electrons. The summed E-state index contributed by atoms with van der Waals surface area (Å²) < 4.78 is 11.8. The molecule has 2 aromatic rings. The second-order valence-electron chi connectivity index (χ2n) is 6.44. The molecule has 2 rings (SSSR count). The van der Waals surface area contributed by atoms with E-state index in [9.17, 15) is 9.59 Å². The molecular formula is C20H25N3O4. The van der Waals surface area contributed by atoms with Crippen molar-refractivity contribution in [3.63, 3.8) is 0 Å². The highest BCUT2D eigenvalue weighted by molar-refractivity contribution is 5.87. The van der Waals surface area contributed by atoms with Crippen molar-refractivity contribution >= 4 is 18.0 Å². The third-order valence-corrected chi connectivity index (χ3v) is 4.08. The molecule has 7 nitrogen and oxygen atoms in total. The van der Waals surface area contributed by atoms with Gasteiger partial charge in [-0.25, -0.2) is 9.78 Å². The first kappa shape index (κ1) is 20.4. The number of carbonyl (C=O) groups excluding carboxylic acids is 2. The number of benzene rings is 1. The van der Waals surface area contributed by atoms with Gasteiger partial charge in [-0.15, -0.1) is 0 Å². The zero-order valence-electron chi connectivity index (χ0n) is 15.6. The summed E-state index contributed by atoms with van der Waals surface area (Å²) in [6, 6.07) is 7.77. The zero-order chi connectivity index (χ0) is 19.6. The predicted octanol–water partition coefficient (Wildman–Crippen LogP) is 2.22. The molecule has 0 aliphatic heterocycles. The van der Waals surface area contributed by atoms with Crippen molar-refractivity contribution in [2.75, 3.05) is 13.3 Å². The Morgan fingerprint density at radius 3 is 2.56 bits per heavy atom. The van der Waals surface area contributed by atoms with Crippen LogP contribution in [0.2, 0.25) is 0 Å². The number of nitrogens with two attached hydrogens (primary N) is 1. The summed E-state index contributed by atoms with van der Waals surface area (Å²) in [5.41, 5.74) is 7.53. The Morgan fingerprint density at radius 2 is 1.96 bits per heavy atom. The van der Waals surface area contributed by atoms with E-state index in [2.05, 4.69) is 4.98 Å². The largest absolute Gasteiger partial charge is 0.428 e. The quantitative estimate of drug-likeness (QED) is 0.412. The molecule has 7 heteroatoms. The van der Waals surface area contributed by atoms with Crippen LogP contribution in [0.4, 0.5) is 0 Å². The molecule has 0 bridgehead atoms. The summed E-state index contributed by atoms with van der Waals surface area (Å²) >= 11 is 0. The van der Waals surface area contributed by atoms with Crippen LogP contribution in [0.15, 0.2) is 49.1 Å². The molecule has 2 N–H and O–H groups in total. The van der Waals surface area contributed by atoms with E-state index in [0.717, 1.165) is 17.7 Å². The average molecular weight is 371 g/mol. The van der Waals surface area contributed by atoms with Gasteiger partial charge < -0.3 is 19.8 Å². The Morgan fingerprint density at radius 1 is 1.22 bits per heavy atom. The molecule has 0 spiro atoms. The molecule has 1 atom stereocenters. The molecule has 1 aromatic carbocycles. The van der Waals surface area contributed by atoms with E-state index in [4.69, 9.17) is 15.2 Å². The molecule has 0 fully saturated rings. The molecule has 1 unspecified atom stereocenters. The van der Waals surface area contributed by atoms with Gasteiger partial charge in [-0.05, 0) is 23.1 Å². The zero-order valence-corrected chi connectivity index (χ0v) is 15.6. The van der Waals surface area contributed by atoms with Crippen LogP contribution in [0, 0.1) is 11.8 Å². The maximum absolute atomic E-state index is 11.8. The molecule has 0 radical (unpaired) electrons. The second kappa shape index (κ2) is 10.3. The van der Waals surface area contributed by atoms with Gasteiger partial charge in [-0.3, -0.25) is 4.79 Å². The molecule has 1 aromatic heterocycles. The van der Waals surface area contributed by atoms with Crippen molar-refractivity contribution in [3.8, 4) is 0 Å². The standard InChI is InChI=1S/C20H25N3O4/c1-15(2)18(11-21)20(25)27-14-26-19(24)8-7-16-3-5-17(6-4-16)12-23-10-9-22-13-23/h3-10,13,15,18H,11-12,14,21H2,1-2H3/b8-7+. The van der Waals surface area contributed by atoms with Crippen LogP contribution in [-0.4, -0.2) is 34.8 Å². The number of ether oxygens (including phenoxy) is 2. The Hall–Kier alpha value is -2.93. The van der Waals surface area contributed by atoms with E-state index < -0.39 is 24.6 Å². The molecule has 0 aliphatic rings. The first-order valence-electron chi connectivity index (χ1n) is 8.76. The van der Waals surface area contributed by atoms with E-state index in [1.54, 1.807) is 18.6 Å². The topological polar surface area (TPSA) is 96.4 Å². The minimum atomic E-state index is -0.584. The van der Waals surface area contributed by atoms with Crippen LogP contribution in [0.1, 0.15) is 25.0 Å². The van der Waals surface area contributed by atoms with Crippen molar-refractivity contribution in [3.05, 3.63) is 60.2 Å². The first-order chi connectivity index (χ1) is 13.0. The summed E-state index contributed by atoms with van der Waals surface area (Å²) in [5, 5.41) is 0. The monoisotopic (exact) mass is 371 g/mol. The molecule has 1 heterocycles. The number of rotatable bonds is 9. The highest BCUT2D eigenvalue weighted by Crippen LogP contribution is 2.11. The van der Waals surface area contributed by atoms with Crippen LogP contribution < -0.4 is 5.73 Å². The number of esters is 2. The number of nitrogens with zero attached hydrogens (tertiary/aromatic N) is 2. The molecule has 27 heavy (non-hydrogen) atoms. The summed E-state index contributed by atoms with van der Waals surface area (Å²) in [6.45, 7) is 4.27. The lowest BCUT2D eigenvalue weighted by atomic mass is 9.96. The smallest absolute Gasteiger partial charge is 0.333 e. The van der Waals surface area contributed by atoms with Gasteiger partial charge in [0, 0.05) is 31.6 Å². The van der Waals surface area contributed by atoms with Crippen molar-refractivity contribution in [1.82, 2.24) is 9.55 Å². The van der Waals surface area contributed by atoms with Crippen LogP contribution in [0.5, 0.6) is 0 Å². The molecule has 0 amide bonds. The predicted molar refractivity (Wildman–Crippen MR) is 101 cm³/mol. The number of carbonyl (C=O) groups is 2. The van der Waals surface area contributed by atoms with E-state index in [0.29, 0.717) is 0 Å². The van der Waals surface area contributed by atoms with Gasteiger partial charge in [0.25, 0.3) is 0 Å². The van der Waals surface area contributed by atoms with Crippen LogP contribution in [0.3, 0.4) is 0 Å². The van der Waals surface area contributed by atoms with E-state index in [1.807, 2.05) is 48.9 Å². The third kappa shape index (κ3) is 6.71. The lowest BCUT2D eigenvalue weighted by molar-refractivity contribution is -0.168. The fourth-order valence-electron chi connectivity index (χ4n) is 2.43. The Kier molecular flexibility index (Phi) is 7.76. The summed E-state index contributed by atoms with van der Waals surface area (Å²) in [4.78, 5) is 27.5. The lowest BCUT2D eigenvalue weighted by Crippen LogP contribution is -2.30. The van der Waals surface area contributed by atoms with Crippen molar-refractivity contribution in [1.29, 1.82) is 0 Å². The summed E-state index contributed by atoms with van der Waals surface area (Å²) in [7, 11) is 0. The van der Waals surface area contributed by atoms with Crippen LogP contribution in [0.25, 0.3) is 6.08 Å². The molecular weight excluding hydrogens is 346 g/mol. The van der Waals surface area contributed by atoms with E-state index in [1.165, 1.54) is 6.08 Å². The maximum Gasteiger partial charge on any atom is 0.333 e. The third-order valence-electron chi connectivity index (χ3n) is 4.08. The fraction of sp³-hybridized carbons (Fsp3) is 0.350. The highest BCUT2D eigenvalue weighted by atomic mass is 16.7. The normalized spacial score (nSPS) is 12.3. The first-order valence-corrected chi connectivity index (χ1v) is 8.76. The molecule has 0 aliphatic carbocycles. The lowest BCUT2D eigenvalue weighted by Gasteiger charge is -2.16. The minimum Gasteiger partial charge on any atom is -0.428 e. The van der Waals surface area contributed by atoms with E-state index in [-0.39, 0.29) is 12.5 Å². The molecule has 0 saturated heterocycles. The van der Waals surface area contributed by atoms with Gasteiger partial charge in [0.05, 0.1) is 12.2 Å². The van der Waals surface area contributed by atoms with Gasteiger partial charge in [0.15, 0.2) is 0 Å². The highest BCUT2D eigenvalue weighted by Gasteiger charge is 2.22. The minimum absolute atomic E-state index is 0.0647. The van der Waals surface area contributed by atoms with Gasteiger partial charge in [-0.1, -0.05) is 38.1 Å². The van der Waals surface area contributed by atoms with Crippen molar-refractivity contribution in [2.45, 2.75) is 20.4 Å². The fourth-order valence-corrected chi connectivity index (χ4v) is 2.43. The molecule has 0 saturated carbocycles. The number of imidazole rings is 1. The number of hydrogen-bond acceptors (Lipinski definition) is 6. The Bertz CT molecular complexity index is 752. The second-order valence-corrected chi connectivity index (χ2v) is 6.44. The number of hydrogen-bond donors (Lipinski definition) is 1. The van der Waals surface area contributed by atoms with Gasteiger partial charge >= 0.3 is 11.9 Å².